The number of Topliss-reactive ketones (excluding diaryl/α,β-unsaturated/α-hetero) is 1. The highest BCUT2D eigenvalue weighted by Gasteiger charge is 2.42. The molecule has 0 spiro atoms. The van der Waals surface area contributed by atoms with Crippen LogP contribution in [0.1, 0.15) is 37.2 Å². The van der Waals surface area contributed by atoms with Crippen molar-refractivity contribution < 1.29 is 24.0 Å². The molecule has 1 amide bonds. The highest BCUT2D eigenvalue weighted by molar-refractivity contribution is 6.08. The second-order valence-corrected chi connectivity index (χ2v) is 7.48. The molecule has 1 aliphatic heterocycles. The number of allylic oxidation sites excluding steroid dienone is 2. The van der Waals surface area contributed by atoms with Crippen LogP contribution in [0.3, 0.4) is 0 Å². The van der Waals surface area contributed by atoms with Crippen molar-refractivity contribution in [2.24, 2.45) is 0 Å². The van der Waals surface area contributed by atoms with Crippen LogP contribution >= 0.6 is 0 Å². The smallest absolute Gasteiger partial charge is 0.293 e. The average Bonchev–Trinajstić information content (AvgIpc) is 2.78. The molecule has 4 rings (SSSR count). The largest absolute Gasteiger partial charge is 0.497 e. The van der Waals surface area contributed by atoms with Crippen LogP contribution in [-0.2, 0) is 9.59 Å². The third-order valence-corrected chi connectivity index (χ3v) is 5.81. The summed E-state index contributed by atoms with van der Waals surface area (Å²) in [6.07, 6.45) is 1.45. The zero-order valence-electron chi connectivity index (χ0n) is 17.3. The van der Waals surface area contributed by atoms with Crippen LogP contribution in [0, 0.1) is 10.1 Å². The van der Waals surface area contributed by atoms with Gasteiger partial charge in [-0.2, -0.15) is 0 Å². The lowest BCUT2D eigenvalue weighted by Gasteiger charge is -2.38. The number of para-hydroxylation sites is 2. The molecule has 8 nitrogen and oxygen atoms in total. The molecule has 0 saturated heterocycles. The van der Waals surface area contributed by atoms with Crippen molar-refractivity contribution in [3.63, 3.8) is 0 Å². The van der Waals surface area contributed by atoms with E-state index in [1.54, 1.807) is 43.5 Å². The first-order valence-corrected chi connectivity index (χ1v) is 10.0. The Morgan fingerprint density at radius 1 is 1.06 bits per heavy atom. The highest BCUT2D eigenvalue weighted by atomic mass is 16.6. The Labute approximate surface area is 179 Å². The number of benzene rings is 2. The molecule has 0 N–H and O–H groups in total. The summed E-state index contributed by atoms with van der Waals surface area (Å²) in [4.78, 5) is 38.9. The van der Waals surface area contributed by atoms with Crippen LogP contribution in [0.25, 0.3) is 0 Å². The Hall–Kier alpha value is -3.68. The van der Waals surface area contributed by atoms with Crippen LogP contribution < -0.4 is 14.4 Å². The van der Waals surface area contributed by atoms with E-state index in [0.29, 0.717) is 47.6 Å². The number of nitro groups is 1. The molecule has 1 atom stereocenters. The predicted molar refractivity (Wildman–Crippen MR) is 113 cm³/mol. The lowest BCUT2D eigenvalue weighted by molar-refractivity contribution is -0.384. The van der Waals surface area contributed by atoms with Gasteiger partial charge >= 0.3 is 0 Å². The molecule has 2 aromatic carbocycles. The maximum absolute atomic E-state index is 13.4. The van der Waals surface area contributed by atoms with Crippen molar-refractivity contribution >= 4 is 23.1 Å². The molecule has 0 fully saturated rings. The lowest BCUT2D eigenvalue weighted by atomic mass is 9.76. The van der Waals surface area contributed by atoms with E-state index in [4.69, 9.17) is 9.47 Å². The van der Waals surface area contributed by atoms with Gasteiger partial charge in [0.2, 0.25) is 5.91 Å². The summed E-state index contributed by atoms with van der Waals surface area (Å²) in [6.45, 7) is 0. The topological polar surface area (TPSA) is 99.0 Å². The fourth-order valence-corrected chi connectivity index (χ4v) is 4.46. The fourth-order valence-electron chi connectivity index (χ4n) is 4.46. The van der Waals surface area contributed by atoms with Crippen LogP contribution in [-0.4, -0.2) is 30.8 Å². The van der Waals surface area contributed by atoms with E-state index < -0.39 is 10.8 Å². The summed E-state index contributed by atoms with van der Waals surface area (Å²) < 4.78 is 10.8. The van der Waals surface area contributed by atoms with Gasteiger partial charge in [-0.25, -0.2) is 0 Å². The minimum absolute atomic E-state index is 0.000148. The number of rotatable bonds is 5. The minimum Gasteiger partial charge on any atom is -0.497 e. The summed E-state index contributed by atoms with van der Waals surface area (Å²) in [7, 11) is 3.08. The Morgan fingerprint density at radius 3 is 2.55 bits per heavy atom. The van der Waals surface area contributed by atoms with Crippen LogP contribution in [0.2, 0.25) is 0 Å². The molecule has 2 aliphatic rings. The number of hydrogen-bond acceptors (Lipinski definition) is 6. The summed E-state index contributed by atoms with van der Waals surface area (Å²) in [6, 6.07) is 11.4. The van der Waals surface area contributed by atoms with Crippen molar-refractivity contribution in [1.29, 1.82) is 0 Å². The van der Waals surface area contributed by atoms with Crippen LogP contribution in [0.4, 0.5) is 11.4 Å². The normalized spacial score (nSPS) is 18.6. The first kappa shape index (κ1) is 20.6. The number of amides is 1. The lowest BCUT2D eigenvalue weighted by Crippen LogP contribution is -2.40. The summed E-state index contributed by atoms with van der Waals surface area (Å²) in [5.41, 5.74) is 1.78. The Balaban J connectivity index is 1.92. The molecule has 0 aromatic heterocycles. The van der Waals surface area contributed by atoms with Gasteiger partial charge in [-0.05, 0) is 37.1 Å². The second kappa shape index (κ2) is 8.22. The van der Waals surface area contributed by atoms with E-state index in [9.17, 15) is 19.7 Å². The van der Waals surface area contributed by atoms with E-state index >= 15 is 0 Å². The highest BCUT2D eigenvalue weighted by Crippen LogP contribution is 2.47. The average molecular weight is 422 g/mol. The van der Waals surface area contributed by atoms with E-state index in [0.717, 1.165) is 0 Å². The molecule has 0 radical (unpaired) electrons. The molecule has 0 saturated carbocycles. The van der Waals surface area contributed by atoms with Crippen LogP contribution in [0.5, 0.6) is 11.5 Å². The fraction of sp³-hybridized carbons (Fsp3) is 0.304. The first-order chi connectivity index (χ1) is 15.0. The van der Waals surface area contributed by atoms with Crippen molar-refractivity contribution in [2.45, 2.75) is 31.6 Å². The monoisotopic (exact) mass is 422 g/mol. The van der Waals surface area contributed by atoms with Crippen molar-refractivity contribution in [3.8, 4) is 11.5 Å². The molecule has 0 bridgehead atoms. The third-order valence-electron chi connectivity index (χ3n) is 5.81. The molecule has 1 unspecified atom stereocenters. The molecular formula is C23H22N2O6. The molecule has 1 heterocycles. The van der Waals surface area contributed by atoms with Gasteiger partial charge in [0.25, 0.3) is 5.69 Å². The number of nitro benzene ring substituents is 1. The maximum atomic E-state index is 13.4. The van der Waals surface area contributed by atoms with Gasteiger partial charge in [0.1, 0.15) is 17.2 Å². The summed E-state index contributed by atoms with van der Waals surface area (Å²) >= 11 is 0. The van der Waals surface area contributed by atoms with E-state index in [1.165, 1.54) is 18.1 Å². The Morgan fingerprint density at radius 2 is 1.84 bits per heavy atom. The molecule has 1 aliphatic carbocycles. The van der Waals surface area contributed by atoms with E-state index in [1.807, 2.05) is 0 Å². The van der Waals surface area contributed by atoms with Crippen molar-refractivity contribution in [1.82, 2.24) is 0 Å². The number of anilines is 1. The van der Waals surface area contributed by atoms with Crippen molar-refractivity contribution in [2.75, 3.05) is 19.1 Å². The second-order valence-electron chi connectivity index (χ2n) is 7.48. The number of carbonyl (C=O) groups excluding carboxylic acids is 2. The summed E-state index contributed by atoms with van der Waals surface area (Å²) in [5.74, 6) is 0.307. The zero-order valence-corrected chi connectivity index (χ0v) is 17.3. The number of carbonyl (C=O) groups is 2. The van der Waals surface area contributed by atoms with E-state index in [2.05, 4.69) is 0 Å². The standard InChI is InChI=1S/C23H22N2O6/c1-30-14-10-11-21(31-2)15(12-14)16-13-22(27)24(19-8-5-9-20(26)23(16)19)17-6-3-4-7-18(17)25(28)29/h3-4,6-7,10-12,16H,5,8-9,13H2,1-2H3. The number of methoxy groups -OCH3 is 2. The molecular weight excluding hydrogens is 400 g/mol. The summed E-state index contributed by atoms with van der Waals surface area (Å²) in [5, 5.41) is 11.6. The van der Waals surface area contributed by atoms with Gasteiger partial charge in [-0.1, -0.05) is 12.1 Å². The van der Waals surface area contributed by atoms with Crippen LogP contribution in [0.15, 0.2) is 53.7 Å². The van der Waals surface area contributed by atoms with Crippen molar-refractivity contribution in [3.05, 3.63) is 69.4 Å². The molecule has 160 valence electrons. The third kappa shape index (κ3) is 3.54. The van der Waals surface area contributed by atoms with Gasteiger partial charge in [-0.15, -0.1) is 0 Å². The Kier molecular flexibility index (Phi) is 5.46. The van der Waals surface area contributed by atoms with Gasteiger partial charge in [0.05, 0.1) is 19.1 Å². The number of ether oxygens (including phenoxy) is 2. The SMILES string of the molecule is COc1ccc(OC)c(C2CC(=O)N(c3ccccc3[N+](=O)[O-])C3=C2C(=O)CCC3)c1. The van der Waals surface area contributed by atoms with E-state index in [-0.39, 0.29) is 29.5 Å². The van der Waals surface area contributed by atoms with Gasteiger partial charge in [0.15, 0.2) is 5.78 Å². The maximum Gasteiger partial charge on any atom is 0.293 e. The molecule has 31 heavy (non-hydrogen) atoms. The minimum atomic E-state index is -0.509. The van der Waals surface area contributed by atoms with Gasteiger partial charge < -0.3 is 9.47 Å². The Bertz CT molecular complexity index is 1110. The molecule has 8 heteroatoms. The number of nitrogens with zero attached hydrogens (tertiary/aromatic N) is 2. The predicted octanol–water partition coefficient (Wildman–Crippen LogP) is 4.14. The van der Waals surface area contributed by atoms with Gasteiger partial charge in [0, 0.05) is 41.7 Å². The zero-order chi connectivity index (χ0) is 22.1. The number of ketones is 1. The quantitative estimate of drug-likeness (QED) is 0.530. The molecule has 2 aromatic rings. The first-order valence-electron chi connectivity index (χ1n) is 10.0. The van der Waals surface area contributed by atoms with Gasteiger partial charge in [-0.3, -0.25) is 24.6 Å². The number of hydrogen-bond donors (Lipinski definition) is 0.